The van der Waals surface area contributed by atoms with Crippen molar-refractivity contribution in [1.82, 2.24) is 0 Å². The number of ether oxygens (including phenoxy) is 1. The molecule has 100 valence electrons. The monoisotopic (exact) mass is 247 g/mol. The maximum absolute atomic E-state index is 6.51. The second-order valence-corrected chi connectivity index (χ2v) is 5.80. The first-order valence-corrected chi connectivity index (χ1v) is 6.88. The van der Waals surface area contributed by atoms with Gasteiger partial charge in [-0.3, -0.25) is 0 Å². The molecule has 1 aromatic carbocycles. The lowest BCUT2D eigenvalue weighted by molar-refractivity contribution is 0.0721. The predicted octanol–water partition coefficient (Wildman–Crippen LogP) is 3.35. The van der Waals surface area contributed by atoms with Gasteiger partial charge in [0.2, 0.25) is 0 Å². The molecule has 1 aliphatic heterocycles. The van der Waals surface area contributed by atoms with E-state index in [0.29, 0.717) is 5.92 Å². The van der Waals surface area contributed by atoms with Crippen molar-refractivity contribution in [3.8, 4) is 0 Å². The highest BCUT2D eigenvalue weighted by Gasteiger charge is 2.32. The van der Waals surface area contributed by atoms with Gasteiger partial charge in [0.15, 0.2) is 0 Å². The number of aryl methyl sites for hydroxylation is 2. The summed E-state index contributed by atoms with van der Waals surface area (Å²) in [5.74, 6) is 0.555. The van der Waals surface area contributed by atoms with Crippen LogP contribution in [-0.4, -0.2) is 12.7 Å². The SMILES string of the molecule is Cc1cc(C)c(C)c(C(N)C2OCCC2C)c1C. The zero-order chi connectivity index (χ0) is 13.4. The molecular formula is C16H25NO. The van der Waals surface area contributed by atoms with Crippen LogP contribution >= 0.6 is 0 Å². The second kappa shape index (κ2) is 5.02. The van der Waals surface area contributed by atoms with Gasteiger partial charge in [0, 0.05) is 6.61 Å². The van der Waals surface area contributed by atoms with Crippen LogP contribution in [0.25, 0.3) is 0 Å². The fourth-order valence-corrected chi connectivity index (χ4v) is 3.09. The first-order chi connectivity index (χ1) is 8.43. The van der Waals surface area contributed by atoms with Crippen LogP contribution in [0, 0.1) is 33.6 Å². The van der Waals surface area contributed by atoms with Gasteiger partial charge in [-0.25, -0.2) is 0 Å². The van der Waals surface area contributed by atoms with Crippen molar-refractivity contribution in [2.24, 2.45) is 11.7 Å². The average molecular weight is 247 g/mol. The highest BCUT2D eigenvalue weighted by atomic mass is 16.5. The molecule has 3 atom stereocenters. The molecule has 0 bridgehead atoms. The highest BCUT2D eigenvalue weighted by molar-refractivity contribution is 5.46. The Balaban J connectivity index is 2.44. The molecule has 0 spiro atoms. The van der Waals surface area contributed by atoms with Gasteiger partial charge in [-0.1, -0.05) is 13.0 Å². The van der Waals surface area contributed by atoms with Crippen LogP contribution in [0.1, 0.15) is 47.2 Å². The van der Waals surface area contributed by atoms with Crippen molar-refractivity contribution in [3.63, 3.8) is 0 Å². The normalized spacial score (nSPS) is 25.4. The lowest BCUT2D eigenvalue weighted by Gasteiger charge is -2.27. The van der Waals surface area contributed by atoms with E-state index in [4.69, 9.17) is 10.5 Å². The molecular weight excluding hydrogens is 222 g/mol. The highest BCUT2D eigenvalue weighted by Crippen LogP contribution is 2.34. The summed E-state index contributed by atoms with van der Waals surface area (Å²) >= 11 is 0. The maximum Gasteiger partial charge on any atom is 0.0794 e. The van der Waals surface area contributed by atoms with Gasteiger partial charge < -0.3 is 10.5 Å². The van der Waals surface area contributed by atoms with Crippen LogP contribution in [-0.2, 0) is 4.74 Å². The Bertz CT molecular complexity index is 427. The quantitative estimate of drug-likeness (QED) is 0.870. The van der Waals surface area contributed by atoms with Crippen LogP contribution in [0.4, 0.5) is 0 Å². The number of hydrogen-bond acceptors (Lipinski definition) is 2. The molecule has 0 radical (unpaired) electrons. The number of hydrogen-bond donors (Lipinski definition) is 1. The van der Waals surface area contributed by atoms with Crippen LogP contribution in [0.3, 0.4) is 0 Å². The first-order valence-electron chi connectivity index (χ1n) is 6.88. The molecule has 2 nitrogen and oxygen atoms in total. The van der Waals surface area contributed by atoms with Crippen molar-refractivity contribution in [1.29, 1.82) is 0 Å². The summed E-state index contributed by atoms with van der Waals surface area (Å²) in [6.07, 6.45) is 1.30. The van der Waals surface area contributed by atoms with Crippen molar-refractivity contribution in [3.05, 3.63) is 33.9 Å². The molecule has 2 rings (SSSR count). The van der Waals surface area contributed by atoms with Crippen molar-refractivity contribution in [2.75, 3.05) is 6.61 Å². The average Bonchev–Trinajstić information content (AvgIpc) is 2.73. The van der Waals surface area contributed by atoms with Gasteiger partial charge in [0.1, 0.15) is 0 Å². The maximum atomic E-state index is 6.51. The zero-order valence-electron chi connectivity index (χ0n) is 12.2. The standard InChI is InChI=1S/C16H25NO/c1-9-6-7-18-16(9)15(17)14-12(4)10(2)8-11(3)13(14)5/h8-9,15-16H,6-7,17H2,1-5H3. The summed E-state index contributed by atoms with van der Waals surface area (Å²) in [4.78, 5) is 0. The summed E-state index contributed by atoms with van der Waals surface area (Å²) in [7, 11) is 0. The molecule has 2 heteroatoms. The zero-order valence-corrected chi connectivity index (χ0v) is 12.2. The summed E-state index contributed by atoms with van der Waals surface area (Å²) in [6.45, 7) is 11.8. The van der Waals surface area contributed by atoms with E-state index in [1.54, 1.807) is 0 Å². The summed E-state index contributed by atoms with van der Waals surface area (Å²) < 4.78 is 5.85. The molecule has 1 aromatic rings. The van der Waals surface area contributed by atoms with Crippen LogP contribution < -0.4 is 5.73 Å². The van der Waals surface area contributed by atoms with Gasteiger partial charge >= 0.3 is 0 Å². The van der Waals surface area contributed by atoms with Gasteiger partial charge in [0.05, 0.1) is 12.1 Å². The molecule has 1 heterocycles. The van der Waals surface area contributed by atoms with Gasteiger partial charge in [-0.15, -0.1) is 0 Å². The van der Waals surface area contributed by atoms with Crippen molar-refractivity contribution >= 4 is 0 Å². The fraction of sp³-hybridized carbons (Fsp3) is 0.625. The van der Waals surface area contributed by atoms with Crippen molar-refractivity contribution < 1.29 is 4.74 Å². The Morgan fingerprint density at radius 2 is 1.72 bits per heavy atom. The summed E-state index contributed by atoms with van der Waals surface area (Å²) in [6, 6.07) is 2.25. The van der Waals surface area contributed by atoms with Crippen LogP contribution in [0.15, 0.2) is 6.07 Å². The largest absolute Gasteiger partial charge is 0.376 e. The van der Waals surface area contributed by atoms with E-state index >= 15 is 0 Å². The van der Waals surface area contributed by atoms with E-state index in [-0.39, 0.29) is 12.1 Å². The third-order valence-corrected chi connectivity index (χ3v) is 4.56. The fourth-order valence-electron chi connectivity index (χ4n) is 3.09. The van der Waals surface area contributed by atoms with E-state index in [1.165, 1.54) is 27.8 Å². The van der Waals surface area contributed by atoms with Crippen LogP contribution in [0.2, 0.25) is 0 Å². The lowest BCUT2D eigenvalue weighted by atomic mass is 9.85. The molecule has 18 heavy (non-hydrogen) atoms. The topological polar surface area (TPSA) is 35.2 Å². The van der Waals surface area contributed by atoms with E-state index < -0.39 is 0 Å². The predicted molar refractivity (Wildman–Crippen MR) is 75.8 cm³/mol. The second-order valence-electron chi connectivity index (χ2n) is 5.80. The molecule has 0 aliphatic carbocycles. The number of rotatable bonds is 2. The Labute approximate surface area is 111 Å². The molecule has 0 saturated carbocycles. The minimum atomic E-state index is 0.00102. The van der Waals surface area contributed by atoms with Crippen LogP contribution in [0.5, 0.6) is 0 Å². The molecule has 0 aromatic heterocycles. The van der Waals surface area contributed by atoms with Gasteiger partial charge in [-0.2, -0.15) is 0 Å². The third kappa shape index (κ3) is 2.19. The molecule has 1 fully saturated rings. The van der Waals surface area contributed by atoms with E-state index in [9.17, 15) is 0 Å². The summed E-state index contributed by atoms with van der Waals surface area (Å²) in [5.41, 5.74) is 13.1. The Morgan fingerprint density at radius 3 is 2.17 bits per heavy atom. The number of nitrogens with two attached hydrogens (primary N) is 1. The molecule has 1 saturated heterocycles. The smallest absolute Gasteiger partial charge is 0.0794 e. The number of benzene rings is 1. The minimum absolute atomic E-state index is 0.00102. The minimum Gasteiger partial charge on any atom is -0.376 e. The molecule has 1 aliphatic rings. The summed E-state index contributed by atoms with van der Waals surface area (Å²) in [5, 5.41) is 0. The lowest BCUT2D eigenvalue weighted by Crippen LogP contribution is -2.31. The van der Waals surface area contributed by atoms with E-state index in [1.807, 2.05) is 0 Å². The molecule has 3 unspecified atom stereocenters. The van der Waals surface area contributed by atoms with E-state index in [2.05, 4.69) is 40.7 Å². The first kappa shape index (κ1) is 13.6. The van der Waals surface area contributed by atoms with Gasteiger partial charge in [0.25, 0.3) is 0 Å². The van der Waals surface area contributed by atoms with Gasteiger partial charge in [-0.05, 0) is 67.9 Å². The Hall–Kier alpha value is -0.860. The third-order valence-electron chi connectivity index (χ3n) is 4.56. The van der Waals surface area contributed by atoms with Crippen molar-refractivity contribution in [2.45, 2.75) is 53.2 Å². The molecule has 0 amide bonds. The Kier molecular flexibility index (Phi) is 3.79. The van der Waals surface area contributed by atoms with E-state index in [0.717, 1.165) is 13.0 Å². The molecule has 2 N–H and O–H groups in total. The Morgan fingerprint density at radius 1 is 1.17 bits per heavy atom.